The largest absolute Gasteiger partial charge is 0.497 e. The number of methoxy groups -OCH3 is 2. The Bertz CT molecular complexity index is 1380. The molecule has 1 aliphatic heterocycles. The summed E-state index contributed by atoms with van der Waals surface area (Å²) in [5, 5.41) is 3.83. The van der Waals surface area contributed by atoms with E-state index in [4.69, 9.17) is 18.7 Å². The number of carbonyl (C=O) groups excluding carboxylic acids is 2. The van der Waals surface area contributed by atoms with Crippen LogP contribution in [0.3, 0.4) is 0 Å². The van der Waals surface area contributed by atoms with Crippen LogP contribution in [0.2, 0.25) is 0 Å². The first-order chi connectivity index (χ1) is 16.8. The molecule has 12 nitrogen and oxygen atoms in total. The first kappa shape index (κ1) is 23.8. The van der Waals surface area contributed by atoms with Gasteiger partial charge < -0.3 is 18.7 Å². The fraction of sp³-hybridized carbons (Fsp3) is 0.182. The molecule has 0 fully saturated rings. The Morgan fingerprint density at radius 3 is 2.54 bits per heavy atom. The molecule has 2 heterocycles. The second-order valence-electron chi connectivity index (χ2n) is 7.19. The SMILES string of the molecule is COc1ccc(CN2C=C(C(=O)OCc3nc(-c4cccc(OC)c4)no3)C(=O)NS2(=O)=O)cc1. The number of hydrogen-bond acceptors (Lipinski definition) is 10. The van der Waals surface area contributed by atoms with E-state index < -0.39 is 34.3 Å². The zero-order valence-electron chi connectivity index (χ0n) is 18.6. The van der Waals surface area contributed by atoms with Gasteiger partial charge in [0.25, 0.3) is 11.8 Å². The second-order valence-corrected chi connectivity index (χ2v) is 8.82. The minimum absolute atomic E-state index is 0.0179. The number of rotatable bonds is 8. The van der Waals surface area contributed by atoms with E-state index in [1.165, 1.54) is 14.2 Å². The molecule has 3 aromatic rings. The lowest BCUT2D eigenvalue weighted by atomic mass is 10.2. The maximum absolute atomic E-state index is 12.5. The molecule has 0 atom stereocenters. The van der Waals surface area contributed by atoms with Crippen molar-refractivity contribution in [2.24, 2.45) is 0 Å². The Kier molecular flexibility index (Phi) is 6.68. The average molecular weight is 500 g/mol. The highest BCUT2D eigenvalue weighted by molar-refractivity contribution is 7.87. The predicted molar refractivity (Wildman–Crippen MR) is 120 cm³/mol. The lowest BCUT2D eigenvalue weighted by Crippen LogP contribution is -2.47. The summed E-state index contributed by atoms with van der Waals surface area (Å²) < 4.78 is 47.8. The third-order valence-electron chi connectivity index (χ3n) is 4.89. The van der Waals surface area contributed by atoms with Crippen molar-refractivity contribution < 1.29 is 36.7 Å². The van der Waals surface area contributed by atoms with Crippen molar-refractivity contribution in [3.63, 3.8) is 0 Å². The molecule has 0 spiro atoms. The first-order valence-electron chi connectivity index (χ1n) is 10.1. The normalized spacial score (nSPS) is 14.6. The van der Waals surface area contributed by atoms with Crippen LogP contribution in [0.4, 0.5) is 0 Å². The molecule has 1 amide bonds. The van der Waals surface area contributed by atoms with Crippen LogP contribution in [-0.2, 0) is 37.7 Å². The summed E-state index contributed by atoms with van der Waals surface area (Å²) >= 11 is 0. The van der Waals surface area contributed by atoms with E-state index in [0.29, 0.717) is 22.6 Å². The molecule has 0 unspecified atom stereocenters. The average Bonchev–Trinajstić information content (AvgIpc) is 3.33. The summed E-state index contributed by atoms with van der Waals surface area (Å²) in [7, 11) is -1.15. The third-order valence-corrected chi connectivity index (χ3v) is 6.18. The van der Waals surface area contributed by atoms with Crippen LogP contribution >= 0.6 is 0 Å². The van der Waals surface area contributed by atoms with Crippen LogP contribution in [0.15, 0.2) is 64.8 Å². The number of nitrogens with zero attached hydrogens (tertiary/aromatic N) is 3. The van der Waals surface area contributed by atoms with Gasteiger partial charge in [-0.25, -0.2) is 9.52 Å². The fourth-order valence-electron chi connectivity index (χ4n) is 3.09. The van der Waals surface area contributed by atoms with Crippen LogP contribution in [0.25, 0.3) is 11.4 Å². The number of benzene rings is 2. The van der Waals surface area contributed by atoms with Gasteiger partial charge in [0.2, 0.25) is 5.82 Å². The van der Waals surface area contributed by atoms with Gasteiger partial charge in [-0.05, 0) is 29.8 Å². The van der Waals surface area contributed by atoms with Crippen LogP contribution in [0.5, 0.6) is 11.5 Å². The highest BCUT2D eigenvalue weighted by atomic mass is 32.2. The van der Waals surface area contributed by atoms with Gasteiger partial charge >= 0.3 is 16.2 Å². The van der Waals surface area contributed by atoms with E-state index in [1.807, 2.05) is 4.72 Å². The summed E-state index contributed by atoms with van der Waals surface area (Å²) in [6, 6.07) is 13.6. The highest BCUT2D eigenvalue weighted by Crippen LogP contribution is 2.22. The Morgan fingerprint density at radius 2 is 1.83 bits per heavy atom. The number of aromatic nitrogens is 2. The summed E-state index contributed by atoms with van der Waals surface area (Å²) in [5.41, 5.74) is 0.728. The summed E-state index contributed by atoms with van der Waals surface area (Å²) in [6.07, 6.45) is 0.927. The Hall–Kier alpha value is -4.39. The zero-order chi connectivity index (χ0) is 25.0. The van der Waals surface area contributed by atoms with E-state index in [9.17, 15) is 18.0 Å². The molecule has 0 aliphatic carbocycles. The number of nitrogens with one attached hydrogen (secondary N) is 1. The molecule has 1 N–H and O–H groups in total. The lowest BCUT2D eigenvalue weighted by molar-refractivity contribution is -0.142. The topological polar surface area (TPSA) is 150 Å². The number of esters is 1. The van der Waals surface area contributed by atoms with Crippen molar-refractivity contribution in [3.8, 4) is 22.9 Å². The maximum Gasteiger partial charge on any atom is 0.345 e. The van der Waals surface area contributed by atoms with Crippen LogP contribution in [-0.4, -0.2) is 49.0 Å². The van der Waals surface area contributed by atoms with Crippen LogP contribution in [0.1, 0.15) is 11.5 Å². The monoisotopic (exact) mass is 500 g/mol. The molecule has 1 aromatic heterocycles. The number of hydrogen-bond donors (Lipinski definition) is 1. The molecular weight excluding hydrogens is 480 g/mol. The standard InChI is InChI=1S/C22H20N4O8S/c1-31-16-8-6-14(7-9-16)11-26-12-18(21(27)25-35(26,29)30)22(28)33-13-19-23-20(24-34-19)15-4-3-5-17(10-15)32-2/h3-10,12H,11,13H2,1-2H3,(H,25,27). The first-order valence-corrected chi connectivity index (χ1v) is 11.6. The van der Waals surface area contributed by atoms with E-state index in [2.05, 4.69) is 10.1 Å². The molecule has 13 heteroatoms. The molecule has 0 radical (unpaired) electrons. The van der Waals surface area contributed by atoms with Gasteiger partial charge in [0.15, 0.2) is 6.61 Å². The number of carbonyl (C=O) groups is 2. The van der Waals surface area contributed by atoms with Crippen molar-refractivity contribution in [2.75, 3.05) is 14.2 Å². The Morgan fingerprint density at radius 1 is 1.09 bits per heavy atom. The smallest absolute Gasteiger partial charge is 0.345 e. The molecule has 182 valence electrons. The van der Waals surface area contributed by atoms with E-state index in [-0.39, 0.29) is 18.3 Å². The second kappa shape index (κ2) is 9.85. The van der Waals surface area contributed by atoms with E-state index >= 15 is 0 Å². The molecule has 0 saturated carbocycles. The fourth-order valence-corrected chi connectivity index (χ4v) is 4.11. The lowest BCUT2D eigenvalue weighted by Gasteiger charge is -2.25. The Labute approximate surface area is 200 Å². The molecular formula is C22H20N4O8S. The molecule has 0 bridgehead atoms. The molecule has 2 aromatic carbocycles. The third kappa shape index (κ3) is 5.41. The van der Waals surface area contributed by atoms with E-state index in [1.54, 1.807) is 48.5 Å². The maximum atomic E-state index is 12.5. The predicted octanol–water partition coefficient (Wildman–Crippen LogP) is 1.56. The number of amides is 1. The van der Waals surface area contributed by atoms with Gasteiger partial charge in [-0.2, -0.15) is 13.4 Å². The summed E-state index contributed by atoms with van der Waals surface area (Å²) in [6.45, 7) is -0.553. The van der Waals surface area contributed by atoms with Gasteiger partial charge in [-0.15, -0.1) is 0 Å². The zero-order valence-corrected chi connectivity index (χ0v) is 19.4. The van der Waals surface area contributed by atoms with Crippen molar-refractivity contribution in [1.29, 1.82) is 0 Å². The molecule has 4 rings (SSSR count). The van der Waals surface area contributed by atoms with Crippen molar-refractivity contribution >= 4 is 22.1 Å². The minimum atomic E-state index is -4.19. The highest BCUT2D eigenvalue weighted by Gasteiger charge is 2.34. The quantitative estimate of drug-likeness (QED) is 0.356. The van der Waals surface area contributed by atoms with Crippen molar-refractivity contribution in [3.05, 3.63) is 71.8 Å². The van der Waals surface area contributed by atoms with E-state index in [0.717, 1.165) is 10.5 Å². The summed E-state index contributed by atoms with van der Waals surface area (Å²) in [4.78, 5) is 28.9. The number of ether oxygens (including phenoxy) is 3. The van der Waals surface area contributed by atoms with Gasteiger partial charge in [0.1, 0.15) is 17.1 Å². The van der Waals surface area contributed by atoms with Gasteiger partial charge in [0.05, 0.1) is 20.8 Å². The Balaban J connectivity index is 1.46. The molecule has 0 saturated heterocycles. The molecule has 1 aliphatic rings. The van der Waals surface area contributed by atoms with Crippen LogP contribution < -0.4 is 14.2 Å². The summed E-state index contributed by atoms with van der Waals surface area (Å²) in [5.74, 6) is -0.734. The van der Waals surface area contributed by atoms with Gasteiger partial charge in [-0.1, -0.05) is 29.4 Å². The van der Waals surface area contributed by atoms with Crippen molar-refractivity contribution in [2.45, 2.75) is 13.2 Å². The van der Waals surface area contributed by atoms with Crippen molar-refractivity contribution in [1.82, 2.24) is 19.2 Å². The van der Waals surface area contributed by atoms with Gasteiger partial charge in [0, 0.05) is 11.8 Å². The molecule has 35 heavy (non-hydrogen) atoms. The van der Waals surface area contributed by atoms with Gasteiger partial charge in [-0.3, -0.25) is 9.10 Å². The minimum Gasteiger partial charge on any atom is -0.497 e. The van der Waals surface area contributed by atoms with Crippen LogP contribution in [0, 0.1) is 0 Å².